The minimum absolute atomic E-state index is 0.190. The smallest absolute Gasteiger partial charge is 0.133 e. The Morgan fingerprint density at radius 2 is 2.22 bits per heavy atom. The number of aryl methyl sites for hydroxylation is 1. The Bertz CT molecular complexity index is 542. The minimum atomic E-state index is 0.190. The summed E-state index contributed by atoms with van der Waals surface area (Å²) in [5, 5.41) is 6.60. The van der Waals surface area contributed by atoms with Crippen LogP contribution in [0.25, 0.3) is 0 Å². The lowest BCUT2D eigenvalue weighted by molar-refractivity contribution is 0.412. The molecule has 1 aromatic carbocycles. The van der Waals surface area contributed by atoms with Crippen molar-refractivity contribution in [2.75, 3.05) is 12.4 Å². The molecule has 96 valence electrons. The van der Waals surface area contributed by atoms with Crippen LogP contribution in [0.15, 0.2) is 28.1 Å². The molecule has 2 aromatic rings. The Kier molecular flexibility index (Phi) is 4.24. The van der Waals surface area contributed by atoms with Gasteiger partial charge >= 0.3 is 0 Å². The summed E-state index contributed by atoms with van der Waals surface area (Å²) in [6.45, 7) is 4.12. The van der Waals surface area contributed by atoms with Crippen molar-refractivity contribution in [1.82, 2.24) is 4.98 Å². The molecule has 5 heteroatoms. The summed E-state index contributed by atoms with van der Waals surface area (Å²) < 4.78 is 6.15. The van der Waals surface area contributed by atoms with Crippen molar-refractivity contribution in [1.29, 1.82) is 0 Å². The third kappa shape index (κ3) is 3.03. The molecule has 0 bridgehead atoms. The lowest BCUT2D eigenvalue weighted by Gasteiger charge is -2.14. The molecule has 1 N–H and O–H groups in total. The average molecular weight is 327 g/mol. The number of rotatable bonds is 4. The summed E-state index contributed by atoms with van der Waals surface area (Å²) in [5.41, 5.74) is 2.12. The van der Waals surface area contributed by atoms with Gasteiger partial charge in [0.15, 0.2) is 0 Å². The van der Waals surface area contributed by atoms with Gasteiger partial charge in [0.25, 0.3) is 0 Å². The first-order valence-electron chi connectivity index (χ1n) is 5.62. The van der Waals surface area contributed by atoms with Crippen molar-refractivity contribution < 1.29 is 4.74 Å². The topological polar surface area (TPSA) is 34.1 Å². The number of thiazole rings is 1. The SMILES string of the molecule is COc1ccc(NC(C)c2csc(C)n2)cc1Br. The van der Waals surface area contributed by atoms with Crippen LogP contribution in [0.3, 0.4) is 0 Å². The molecule has 3 nitrogen and oxygen atoms in total. The fourth-order valence-electron chi connectivity index (χ4n) is 1.66. The normalized spacial score (nSPS) is 12.2. The van der Waals surface area contributed by atoms with Crippen LogP contribution >= 0.6 is 27.3 Å². The van der Waals surface area contributed by atoms with Gasteiger partial charge in [-0.3, -0.25) is 0 Å². The van der Waals surface area contributed by atoms with Gasteiger partial charge in [-0.2, -0.15) is 0 Å². The van der Waals surface area contributed by atoms with E-state index in [0.717, 1.165) is 26.6 Å². The van der Waals surface area contributed by atoms with Gasteiger partial charge in [0.05, 0.1) is 28.3 Å². The highest BCUT2D eigenvalue weighted by Crippen LogP contribution is 2.29. The van der Waals surface area contributed by atoms with Crippen LogP contribution in [-0.2, 0) is 0 Å². The minimum Gasteiger partial charge on any atom is -0.496 e. The third-order valence-corrected chi connectivity index (χ3v) is 4.03. The van der Waals surface area contributed by atoms with Crippen molar-refractivity contribution >= 4 is 33.0 Å². The fourth-order valence-corrected chi connectivity index (χ4v) is 2.91. The second-order valence-electron chi connectivity index (χ2n) is 4.01. The molecule has 0 aliphatic rings. The number of ether oxygens (including phenoxy) is 1. The van der Waals surface area contributed by atoms with E-state index >= 15 is 0 Å². The molecule has 18 heavy (non-hydrogen) atoms. The predicted molar refractivity (Wildman–Crippen MR) is 79.6 cm³/mol. The van der Waals surface area contributed by atoms with E-state index in [4.69, 9.17) is 4.74 Å². The molecule has 0 spiro atoms. The van der Waals surface area contributed by atoms with Gasteiger partial charge in [0.2, 0.25) is 0 Å². The van der Waals surface area contributed by atoms with E-state index in [0.29, 0.717) is 0 Å². The molecule has 0 aliphatic carbocycles. The van der Waals surface area contributed by atoms with Crippen molar-refractivity contribution in [2.24, 2.45) is 0 Å². The maximum atomic E-state index is 5.21. The molecule has 1 atom stereocenters. The quantitative estimate of drug-likeness (QED) is 0.904. The van der Waals surface area contributed by atoms with Gasteiger partial charge in [-0.25, -0.2) is 4.98 Å². The summed E-state index contributed by atoms with van der Waals surface area (Å²) in [5.74, 6) is 0.831. The maximum Gasteiger partial charge on any atom is 0.133 e. The van der Waals surface area contributed by atoms with Crippen molar-refractivity contribution in [2.45, 2.75) is 19.9 Å². The summed E-state index contributed by atoms with van der Waals surface area (Å²) in [6, 6.07) is 6.13. The van der Waals surface area contributed by atoms with Crippen LogP contribution in [0.2, 0.25) is 0 Å². The zero-order chi connectivity index (χ0) is 13.1. The molecule has 0 saturated carbocycles. The molecule has 0 radical (unpaired) electrons. The number of halogens is 1. The molecule has 0 amide bonds. The van der Waals surface area contributed by atoms with Crippen molar-refractivity contribution in [3.05, 3.63) is 38.8 Å². The maximum absolute atomic E-state index is 5.21. The Morgan fingerprint density at radius 1 is 1.44 bits per heavy atom. The van der Waals surface area contributed by atoms with E-state index in [1.807, 2.05) is 25.1 Å². The fraction of sp³-hybridized carbons (Fsp3) is 0.308. The van der Waals surface area contributed by atoms with Crippen molar-refractivity contribution in [3.8, 4) is 5.75 Å². The number of anilines is 1. The molecule has 2 rings (SSSR count). The number of nitrogens with zero attached hydrogens (tertiary/aromatic N) is 1. The first kappa shape index (κ1) is 13.4. The Morgan fingerprint density at radius 3 is 2.78 bits per heavy atom. The number of benzene rings is 1. The van der Waals surface area contributed by atoms with E-state index in [1.165, 1.54) is 0 Å². The Labute approximate surface area is 119 Å². The highest BCUT2D eigenvalue weighted by atomic mass is 79.9. The number of aromatic nitrogens is 1. The standard InChI is InChI=1S/C13H15BrN2OS/c1-8(12-7-18-9(2)16-12)15-10-4-5-13(17-3)11(14)6-10/h4-8,15H,1-3H3. The third-order valence-electron chi connectivity index (χ3n) is 2.62. The lowest BCUT2D eigenvalue weighted by Crippen LogP contribution is -2.07. The van der Waals surface area contributed by atoms with E-state index in [1.54, 1.807) is 18.4 Å². The highest BCUT2D eigenvalue weighted by molar-refractivity contribution is 9.10. The van der Waals surface area contributed by atoms with Gasteiger partial charge in [-0.15, -0.1) is 11.3 Å². The molecule has 0 saturated heterocycles. The molecule has 0 aliphatic heterocycles. The van der Waals surface area contributed by atoms with Crippen LogP contribution in [-0.4, -0.2) is 12.1 Å². The van der Waals surface area contributed by atoms with Crippen molar-refractivity contribution in [3.63, 3.8) is 0 Å². The van der Waals surface area contributed by atoms with Gasteiger partial charge in [0, 0.05) is 11.1 Å². The number of hydrogen-bond acceptors (Lipinski definition) is 4. The van der Waals surface area contributed by atoms with Crippen LogP contribution in [0, 0.1) is 6.92 Å². The summed E-state index contributed by atoms with van der Waals surface area (Å²) in [6.07, 6.45) is 0. The Balaban J connectivity index is 2.12. The van der Waals surface area contributed by atoms with E-state index < -0.39 is 0 Å². The van der Waals surface area contributed by atoms with Crippen LogP contribution in [0.1, 0.15) is 23.7 Å². The number of hydrogen-bond donors (Lipinski definition) is 1. The first-order valence-corrected chi connectivity index (χ1v) is 7.29. The number of nitrogens with one attached hydrogen (secondary N) is 1. The van der Waals surface area contributed by atoms with E-state index in [-0.39, 0.29) is 6.04 Å². The van der Waals surface area contributed by atoms with Gasteiger partial charge in [0.1, 0.15) is 5.75 Å². The monoisotopic (exact) mass is 326 g/mol. The second kappa shape index (κ2) is 5.71. The van der Waals surface area contributed by atoms with Gasteiger partial charge < -0.3 is 10.1 Å². The molecule has 0 fully saturated rings. The largest absolute Gasteiger partial charge is 0.496 e. The van der Waals surface area contributed by atoms with Crippen LogP contribution < -0.4 is 10.1 Å². The average Bonchev–Trinajstić information content (AvgIpc) is 2.76. The van der Waals surface area contributed by atoms with Crippen LogP contribution in [0.4, 0.5) is 5.69 Å². The highest BCUT2D eigenvalue weighted by Gasteiger charge is 2.09. The summed E-state index contributed by atoms with van der Waals surface area (Å²) >= 11 is 5.15. The molecular weight excluding hydrogens is 312 g/mol. The van der Waals surface area contributed by atoms with Gasteiger partial charge in [-0.05, 0) is 48.0 Å². The summed E-state index contributed by atoms with van der Waals surface area (Å²) in [4.78, 5) is 4.48. The van der Waals surface area contributed by atoms with Gasteiger partial charge in [-0.1, -0.05) is 0 Å². The molecule has 1 unspecified atom stereocenters. The molecule has 1 heterocycles. The van der Waals surface area contributed by atoms with E-state index in [9.17, 15) is 0 Å². The molecule has 1 aromatic heterocycles. The molecular formula is C13H15BrN2OS. The second-order valence-corrected chi connectivity index (χ2v) is 5.92. The number of methoxy groups -OCH3 is 1. The first-order chi connectivity index (χ1) is 8.60. The zero-order valence-corrected chi connectivity index (χ0v) is 12.9. The zero-order valence-electron chi connectivity index (χ0n) is 10.5. The van der Waals surface area contributed by atoms with Crippen LogP contribution in [0.5, 0.6) is 5.75 Å². The summed E-state index contributed by atoms with van der Waals surface area (Å²) in [7, 11) is 1.66. The van der Waals surface area contributed by atoms with E-state index in [2.05, 4.69) is 38.5 Å². The Hall–Kier alpha value is -1.07. The lowest BCUT2D eigenvalue weighted by atomic mass is 10.2. The predicted octanol–water partition coefficient (Wildman–Crippen LogP) is 4.40.